The second kappa shape index (κ2) is 17.6. The Balaban J connectivity index is 1.07. The van der Waals surface area contributed by atoms with Crippen LogP contribution in [0.3, 0.4) is 0 Å². The van der Waals surface area contributed by atoms with E-state index in [4.69, 9.17) is 24.9 Å². The van der Waals surface area contributed by atoms with E-state index in [2.05, 4.69) is 196 Å². The number of hydrogen-bond acceptors (Lipinski definition) is 5. The third kappa shape index (κ3) is 7.35. The summed E-state index contributed by atoms with van der Waals surface area (Å²) in [4.78, 5) is 26.5. The smallest absolute Gasteiger partial charge is 0.165 e. The van der Waals surface area contributed by atoms with Crippen molar-refractivity contribution in [3.05, 3.63) is 243 Å². The highest BCUT2D eigenvalue weighted by Crippen LogP contribution is 2.43. The van der Waals surface area contributed by atoms with Gasteiger partial charge in [-0.15, -0.1) is 0 Å². The molecule has 0 fully saturated rings. The maximum absolute atomic E-state index is 5.68. The highest BCUT2D eigenvalue weighted by Gasteiger charge is 2.27. The number of benzene rings is 8. The van der Waals surface area contributed by atoms with Crippen molar-refractivity contribution in [2.45, 2.75) is 12.8 Å². The van der Waals surface area contributed by atoms with Gasteiger partial charge in [-0.05, 0) is 72.5 Å². The van der Waals surface area contributed by atoms with Crippen molar-refractivity contribution in [3.63, 3.8) is 0 Å². The minimum absolute atomic E-state index is 0.580. The van der Waals surface area contributed by atoms with Gasteiger partial charge in [-0.3, -0.25) is 13.7 Å². The largest absolute Gasteiger partial charge is 0.294 e. The number of pyridine rings is 1. The molecule has 0 amide bonds. The maximum Gasteiger partial charge on any atom is 0.165 e. The first-order chi connectivity index (χ1) is 36.2. The Labute approximate surface area is 421 Å². The maximum atomic E-state index is 5.68. The molecular formula is C65H44N8. The Morgan fingerprint density at radius 2 is 0.918 bits per heavy atom. The fourth-order valence-electron chi connectivity index (χ4n) is 10.5. The lowest BCUT2D eigenvalue weighted by Gasteiger charge is -2.14. The number of nitrogens with zero attached hydrogens (tertiary/aromatic N) is 8. The predicted molar refractivity (Wildman–Crippen MR) is 297 cm³/mol. The number of imidazole rings is 1. The Morgan fingerprint density at radius 1 is 0.342 bits per heavy atom. The van der Waals surface area contributed by atoms with Gasteiger partial charge >= 0.3 is 0 Å². The van der Waals surface area contributed by atoms with Gasteiger partial charge in [-0.25, -0.2) is 24.9 Å². The van der Waals surface area contributed by atoms with E-state index in [1.54, 1.807) is 0 Å². The van der Waals surface area contributed by atoms with Crippen LogP contribution in [0.5, 0.6) is 0 Å². The van der Waals surface area contributed by atoms with Gasteiger partial charge in [0.15, 0.2) is 23.1 Å². The van der Waals surface area contributed by atoms with E-state index in [1.807, 2.05) is 60.7 Å². The molecule has 8 aromatic carbocycles. The van der Waals surface area contributed by atoms with Crippen LogP contribution in [-0.2, 0) is 0 Å². The third-order valence-corrected chi connectivity index (χ3v) is 13.9. The zero-order chi connectivity index (χ0) is 48.2. The lowest BCUT2D eigenvalue weighted by Crippen LogP contribution is -2.02. The first-order valence-corrected chi connectivity index (χ1v) is 24.7. The molecule has 1 aliphatic carbocycles. The van der Waals surface area contributed by atoms with Crippen LogP contribution >= 0.6 is 0 Å². The topological polar surface area (TPSA) is 79.2 Å². The first kappa shape index (κ1) is 42.1. The summed E-state index contributed by atoms with van der Waals surface area (Å²) < 4.78 is 7.04. The molecule has 8 heteroatoms. The van der Waals surface area contributed by atoms with E-state index >= 15 is 0 Å². The van der Waals surface area contributed by atoms with E-state index in [0.29, 0.717) is 17.5 Å². The van der Waals surface area contributed by atoms with Crippen molar-refractivity contribution in [2.75, 3.05) is 0 Å². The van der Waals surface area contributed by atoms with Crippen molar-refractivity contribution in [3.8, 4) is 79.4 Å². The second-order valence-electron chi connectivity index (χ2n) is 18.4. The van der Waals surface area contributed by atoms with Gasteiger partial charge in [0.25, 0.3) is 0 Å². The van der Waals surface area contributed by atoms with Crippen molar-refractivity contribution >= 4 is 49.6 Å². The number of allylic oxidation sites excluding steroid dienone is 4. The zero-order valence-electron chi connectivity index (χ0n) is 39.6. The molecule has 0 saturated carbocycles. The summed E-state index contributed by atoms with van der Waals surface area (Å²) in [5, 5.41) is 3.34. The van der Waals surface area contributed by atoms with Crippen LogP contribution in [0, 0.1) is 0 Å². The molecule has 5 heterocycles. The van der Waals surface area contributed by atoms with E-state index in [1.165, 1.54) is 0 Å². The highest BCUT2D eigenvalue weighted by molar-refractivity contribution is 6.19. The van der Waals surface area contributed by atoms with Crippen LogP contribution in [0.1, 0.15) is 12.8 Å². The summed E-state index contributed by atoms with van der Waals surface area (Å²) in [6.45, 7) is 0. The van der Waals surface area contributed by atoms with E-state index in [9.17, 15) is 0 Å². The molecule has 0 atom stereocenters. The van der Waals surface area contributed by atoms with Gasteiger partial charge in [0, 0.05) is 55.4 Å². The standard InChI is InChI=1S/C65H44N8/c1-7-22-43(23-8-1)49-39-55(44-24-9-2-10-25-44)66-59(40-49)73-56-37-20-19-36-52(56)53-41-54-58(42-57(53)73)71(65-60(54)72(50-33-17-6-18-34-50)64(70-65)47-30-15-5-16-31-47)51-35-21-32-48(38-51)63-68-61(45-26-11-3-12-27-45)67-62(69-63)46-28-13-4-14-29-46/h1-5,7-17,19-42H,6,18H2. The SMILES string of the molecule is C1=CC(n2c(-c3ccccc3)nc3c2c2cc4c5ccccc5n(-c5cc(-c6ccccc6)cc(-c6ccccc6)n5)c4cc2n3-c2cccc(-c3nc(-c4ccccc4)nc(-c4ccccc4)n3)c2)=CCC1. The summed E-state index contributed by atoms with van der Waals surface area (Å²) in [5.41, 5.74) is 14.9. The van der Waals surface area contributed by atoms with E-state index in [-0.39, 0.29) is 0 Å². The lowest BCUT2D eigenvalue weighted by molar-refractivity contribution is 1.01. The van der Waals surface area contributed by atoms with Crippen LogP contribution in [0.15, 0.2) is 243 Å². The molecule has 0 bridgehead atoms. The summed E-state index contributed by atoms with van der Waals surface area (Å²) in [6.07, 6.45) is 8.80. The summed E-state index contributed by atoms with van der Waals surface area (Å²) in [6, 6.07) is 78.2. The summed E-state index contributed by atoms with van der Waals surface area (Å²) in [7, 11) is 0. The number of para-hydroxylation sites is 1. The molecule has 0 spiro atoms. The quantitative estimate of drug-likeness (QED) is 0.144. The molecule has 8 nitrogen and oxygen atoms in total. The van der Waals surface area contributed by atoms with Gasteiger partial charge < -0.3 is 0 Å². The molecule has 0 N–H and O–H groups in total. The minimum Gasteiger partial charge on any atom is -0.294 e. The van der Waals surface area contributed by atoms with Crippen molar-refractivity contribution in [2.24, 2.45) is 0 Å². The van der Waals surface area contributed by atoms with Gasteiger partial charge in [-0.1, -0.05) is 194 Å². The number of fused-ring (bicyclic) bond motifs is 6. The van der Waals surface area contributed by atoms with Crippen molar-refractivity contribution in [1.29, 1.82) is 0 Å². The number of rotatable bonds is 9. The number of hydrogen-bond donors (Lipinski definition) is 0. The summed E-state index contributed by atoms with van der Waals surface area (Å²) in [5.74, 6) is 3.51. The molecule has 0 aliphatic heterocycles. The van der Waals surface area contributed by atoms with E-state index < -0.39 is 0 Å². The monoisotopic (exact) mass is 936 g/mol. The van der Waals surface area contributed by atoms with Gasteiger partial charge in [0.2, 0.25) is 0 Å². The van der Waals surface area contributed by atoms with Gasteiger partial charge in [0.05, 0.1) is 22.2 Å². The molecule has 14 rings (SSSR count). The fraction of sp³-hybridized carbons (Fsp3) is 0.0308. The molecule has 13 aromatic rings. The average molecular weight is 937 g/mol. The van der Waals surface area contributed by atoms with Crippen molar-refractivity contribution < 1.29 is 0 Å². The molecular weight excluding hydrogens is 893 g/mol. The Morgan fingerprint density at radius 3 is 1.58 bits per heavy atom. The van der Waals surface area contributed by atoms with Gasteiger partial charge in [-0.2, -0.15) is 0 Å². The Bertz CT molecular complexity index is 4170. The fourth-order valence-corrected chi connectivity index (χ4v) is 10.5. The van der Waals surface area contributed by atoms with Gasteiger partial charge in [0.1, 0.15) is 17.2 Å². The highest BCUT2D eigenvalue weighted by atomic mass is 15.2. The van der Waals surface area contributed by atoms with Crippen LogP contribution in [0.4, 0.5) is 0 Å². The second-order valence-corrected chi connectivity index (χ2v) is 18.4. The number of aromatic nitrogens is 8. The molecule has 344 valence electrons. The normalized spacial score (nSPS) is 12.6. The third-order valence-electron chi connectivity index (χ3n) is 13.9. The molecule has 0 unspecified atom stereocenters. The van der Waals surface area contributed by atoms with Crippen LogP contribution in [0.25, 0.3) is 129 Å². The van der Waals surface area contributed by atoms with Crippen LogP contribution in [-0.4, -0.2) is 38.6 Å². The molecule has 1 aliphatic rings. The Kier molecular flexibility index (Phi) is 10.1. The van der Waals surface area contributed by atoms with Crippen molar-refractivity contribution in [1.82, 2.24) is 38.6 Å². The minimum atomic E-state index is 0.580. The molecule has 0 radical (unpaired) electrons. The first-order valence-electron chi connectivity index (χ1n) is 24.7. The summed E-state index contributed by atoms with van der Waals surface area (Å²) >= 11 is 0. The molecule has 73 heavy (non-hydrogen) atoms. The zero-order valence-corrected chi connectivity index (χ0v) is 39.6. The average Bonchev–Trinajstić information content (AvgIpc) is 4.13. The van der Waals surface area contributed by atoms with Crippen LogP contribution < -0.4 is 0 Å². The Hall–Kier alpha value is -9.79. The molecule has 5 aromatic heterocycles. The molecule has 0 saturated heterocycles. The van der Waals surface area contributed by atoms with Crippen LogP contribution in [0.2, 0.25) is 0 Å². The predicted octanol–water partition coefficient (Wildman–Crippen LogP) is 15.9. The lowest BCUT2D eigenvalue weighted by atomic mass is 10.0. The van der Waals surface area contributed by atoms with E-state index in [0.717, 1.165) is 124 Å².